The summed E-state index contributed by atoms with van der Waals surface area (Å²) in [6.45, 7) is 0. The fraction of sp³-hybridized carbons (Fsp3) is 0. The molecule has 0 aliphatic heterocycles. The lowest BCUT2D eigenvalue weighted by Gasteiger charge is -2.11. The minimum absolute atomic E-state index is 0.0758. The normalized spacial score (nSPS) is 9.78. The number of aromatic hydroxyl groups is 1. The van der Waals surface area contributed by atoms with Crippen LogP contribution in [0.1, 0.15) is 20.7 Å². The minimum atomic E-state index is -0.591. The predicted molar refractivity (Wildman–Crippen MR) is 90.2 cm³/mol. The van der Waals surface area contributed by atoms with Gasteiger partial charge in [0.25, 0.3) is 11.8 Å². The second-order valence-electron chi connectivity index (χ2n) is 4.39. The van der Waals surface area contributed by atoms with E-state index in [1.165, 1.54) is 12.1 Å². The fourth-order valence-electron chi connectivity index (χ4n) is 1.65. The number of carbonyl (C=O) groups is 2. The molecule has 0 spiro atoms. The van der Waals surface area contributed by atoms with Crippen LogP contribution in [0.15, 0.2) is 48.5 Å². The Morgan fingerprint density at radius 1 is 0.957 bits per heavy atom. The van der Waals surface area contributed by atoms with Crippen LogP contribution in [0.3, 0.4) is 0 Å². The Balaban J connectivity index is 1.88. The SMILES string of the molecule is O=C(NC(=S)NNC(=O)c1ccccc1O)c1ccc(Cl)cc1. The molecule has 118 valence electrons. The van der Waals surface area contributed by atoms with Gasteiger partial charge < -0.3 is 5.11 Å². The first kappa shape index (κ1) is 16.7. The molecule has 0 aromatic heterocycles. The number of hydrazine groups is 1. The average Bonchev–Trinajstić information content (AvgIpc) is 2.53. The Kier molecular flexibility index (Phi) is 5.51. The number of benzene rings is 2. The van der Waals surface area contributed by atoms with E-state index in [4.69, 9.17) is 23.8 Å². The molecule has 0 saturated heterocycles. The number of rotatable bonds is 2. The van der Waals surface area contributed by atoms with E-state index in [0.29, 0.717) is 10.6 Å². The zero-order chi connectivity index (χ0) is 16.8. The van der Waals surface area contributed by atoms with E-state index >= 15 is 0 Å². The van der Waals surface area contributed by atoms with Crippen LogP contribution in [0.5, 0.6) is 5.75 Å². The molecule has 8 heteroatoms. The van der Waals surface area contributed by atoms with Crippen molar-refractivity contribution >= 4 is 40.7 Å². The van der Waals surface area contributed by atoms with Crippen LogP contribution in [0, 0.1) is 0 Å². The molecule has 6 nitrogen and oxygen atoms in total. The third-order valence-electron chi connectivity index (χ3n) is 2.77. The van der Waals surface area contributed by atoms with Crippen molar-refractivity contribution in [3.8, 4) is 5.75 Å². The molecule has 0 aliphatic rings. The van der Waals surface area contributed by atoms with Crippen LogP contribution >= 0.6 is 23.8 Å². The van der Waals surface area contributed by atoms with Crippen molar-refractivity contribution in [1.82, 2.24) is 16.2 Å². The number of thiocarbonyl (C=S) groups is 1. The van der Waals surface area contributed by atoms with Crippen molar-refractivity contribution in [3.63, 3.8) is 0 Å². The lowest BCUT2D eigenvalue weighted by Crippen LogP contribution is -2.48. The summed E-state index contributed by atoms with van der Waals surface area (Å²) >= 11 is 10.7. The highest BCUT2D eigenvalue weighted by Crippen LogP contribution is 2.14. The largest absolute Gasteiger partial charge is 0.507 e. The molecule has 23 heavy (non-hydrogen) atoms. The number of phenolic OH excluding ortho intramolecular Hbond substituents is 1. The van der Waals surface area contributed by atoms with Gasteiger partial charge in [-0.05, 0) is 48.6 Å². The second-order valence-corrected chi connectivity index (χ2v) is 5.23. The number of phenols is 1. The van der Waals surface area contributed by atoms with Crippen molar-refractivity contribution in [2.24, 2.45) is 0 Å². The number of nitrogens with one attached hydrogen (secondary N) is 3. The molecule has 2 rings (SSSR count). The molecule has 0 radical (unpaired) electrons. The summed E-state index contributed by atoms with van der Waals surface area (Å²) in [5, 5.41) is 12.4. The zero-order valence-corrected chi connectivity index (χ0v) is 13.2. The van der Waals surface area contributed by atoms with Crippen molar-refractivity contribution in [1.29, 1.82) is 0 Å². The summed E-state index contributed by atoms with van der Waals surface area (Å²) in [6, 6.07) is 12.3. The molecule has 2 amide bonds. The van der Waals surface area contributed by atoms with E-state index in [2.05, 4.69) is 16.2 Å². The fourth-order valence-corrected chi connectivity index (χ4v) is 1.92. The average molecular weight is 350 g/mol. The van der Waals surface area contributed by atoms with Crippen molar-refractivity contribution in [3.05, 3.63) is 64.7 Å². The minimum Gasteiger partial charge on any atom is -0.507 e. The smallest absolute Gasteiger partial charge is 0.273 e. The van der Waals surface area contributed by atoms with Gasteiger partial charge in [-0.3, -0.25) is 25.8 Å². The molecule has 0 bridgehead atoms. The van der Waals surface area contributed by atoms with Crippen LogP contribution < -0.4 is 16.2 Å². The highest BCUT2D eigenvalue weighted by atomic mass is 35.5. The first-order valence-electron chi connectivity index (χ1n) is 6.42. The molecular weight excluding hydrogens is 338 g/mol. The van der Waals surface area contributed by atoms with Gasteiger partial charge in [0, 0.05) is 10.6 Å². The lowest BCUT2D eigenvalue weighted by atomic mass is 10.2. The van der Waals surface area contributed by atoms with Gasteiger partial charge in [0.2, 0.25) is 0 Å². The van der Waals surface area contributed by atoms with E-state index in [1.54, 1.807) is 36.4 Å². The third-order valence-corrected chi connectivity index (χ3v) is 3.23. The summed E-state index contributed by atoms with van der Waals surface area (Å²) in [5.74, 6) is -1.20. The Labute approximate surface area is 142 Å². The maximum atomic E-state index is 11.9. The van der Waals surface area contributed by atoms with Gasteiger partial charge >= 0.3 is 0 Å². The van der Waals surface area contributed by atoms with Crippen LogP contribution in [0.4, 0.5) is 0 Å². The maximum absolute atomic E-state index is 11.9. The Morgan fingerprint density at radius 3 is 2.26 bits per heavy atom. The molecule has 2 aromatic rings. The van der Waals surface area contributed by atoms with Gasteiger partial charge in [0.15, 0.2) is 5.11 Å². The van der Waals surface area contributed by atoms with Crippen LogP contribution in [0.2, 0.25) is 5.02 Å². The van der Waals surface area contributed by atoms with Gasteiger partial charge in [0.1, 0.15) is 5.75 Å². The Morgan fingerprint density at radius 2 is 1.61 bits per heavy atom. The monoisotopic (exact) mass is 349 g/mol. The number of hydrogen-bond acceptors (Lipinski definition) is 4. The summed E-state index contributed by atoms with van der Waals surface area (Å²) in [7, 11) is 0. The molecule has 0 heterocycles. The number of para-hydroxylation sites is 1. The van der Waals surface area contributed by atoms with Gasteiger partial charge in [-0.15, -0.1) is 0 Å². The van der Waals surface area contributed by atoms with Gasteiger partial charge in [-0.25, -0.2) is 0 Å². The van der Waals surface area contributed by atoms with E-state index in [9.17, 15) is 14.7 Å². The standard InChI is InChI=1S/C15H12ClN3O3S/c16-10-7-5-9(6-8-10)13(21)17-15(23)19-18-14(22)11-3-1-2-4-12(11)20/h1-8,20H,(H,18,22)(H2,17,19,21,23). The second kappa shape index (κ2) is 7.57. The number of amides is 2. The van der Waals surface area contributed by atoms with Crippen LogP contribution in [-0.2, 0) is 0 Å². The highest BCUT2D eigenvalue weighted by molar-refractivity contribution is 7.80. The first-order valence-corrected chi connectivity index (χ1v) is 7.21. The molecule has 0 saturated carbocycles. The van der Waals surface area contributed by atoms with Gasteiger partial charge in [-0.2, -0.15) is 0 Å². The lowest BCUT2D eigenvalue weighted by molar-refractivity contribution is 0.0932. The molecule has 0 aliphatic carbocycles. The molecule has 0 unspecified atom stereocenters. The molecular formula is C15H12ClN3O3S. The molecule has 2 aromatic carbocycles. The van der Waals surface area contributed by atoms with Crippen molar-refractivity contribution in [2.75, 3.05) is 0 Å². The topological polar surface area (TPSA) is 90.5 Å². The number of hydrogen-bond donors (Lipinski definition) is 4. The van der Waals surface area contributed by atoms with Crippen LogP contribution in [0.25, 0.3) is 0 Å². The van der Waals surface area contributed by atoms with Gasteiger partial charge in [-0.1, -0.05) is 23.7 Å². The van der Waals surface area contributed by atoms with Gasteiger partial charge in [0.05, 0.1) is 5.56 Å². The molecule has 0 fully saturated rings. The van der Waals surface area contributed by atoms with Crippen molar-refractivity contribution < 1.29 is 14.7 Å². The Hall–Kier alpha value is -2.64. The van der Waals surface area contributed by atoms with Crippen LogP contribution in [-0.4, -0.2) is 22.0 Å². The zero-order valence-electron chi connectivity index (χ0n) is 11.7. The molecule has 4 N–H and O–H groups in total. The Bertz CT molecular complexity index is 750. The van der Waals surface area contributed by atoms with Crippen molar-refractivity contribution in [2.45, 2.75) is 0 Å². The van der Waals surface area contributed by atoms with E-state index in [-0.39, 0.29) is 16.4 Å². The van der Waals surface area contributed by atoms with E-state index < -0.39 is 11.8 Å². The quantitative estimate of drug-likeness (QED) is 0.492. The third kappa shape index (κ3) is 4.67. The number of halogens is 1. The number of carbonyl (C=O) groups excluding carboxylic acids is 2. The summed E-state index contributed by atoms with van der Waals surface area (Å²) in [6.07, 6.45) is 0. The summed E-state index contributed by atoms with van der Waals surface area (Å²) < 4.78 is 0. The predicted octanol–water partition coefficient (Wildman–Crippen LogP) is 1.99. The molecule has 0 atom stereocenters. The van der Waals surface area contributed by atoms with E-state index in [0.717, 1.165) is 0 Å². The van der Waals surface area contributed by atoms with E-state index in [1.807, 2.05) is 0 Å². The first-order chi connectivity index (χ1) is 11.0. The summed E-state index contributed by atoms with van der Waals surface area (Å²) in [4.78, 5) is 23.7. The highest BCUT2D eigenvalue weighted by Gasteiger charge is 2.11. The maximum Gasteiger partial charge on any atom is 0.273 e. The summed E-state index contributed by atoms with van der Waals surface area (Å²) in [5.41, 5.74) is 5.10.